The van der Waals surface area contributed by atoms with Gasteiger partial charge in [0, 0.05) is 19.8 Å². The Morgan fingerprint density at radius 3 is 2.57 bits per heavy atom. The Hall–Kier alpha value is -0.0800. The van der Waals surface area contributed by atoms with Gasteiger partial charge in [-0.05, 0) is 37.1 Å². The third-order valence-electron chi connectivity index (χ3n) is 2.94. The van der Waals surface area contributed by atoms with Crippen molar-refractivity contribution >= 4 is 0 Å². The Labute approximate surface area is 88.4 Å². The predicted octanol–water partition coefficient (Wildman–Crippen LogP) is 2.44. The summed E-state index contributed by atoms with van der Waals surface area (Å²) in [5, 5.41) is 3.45. The van der Waals surface area contributed by atoms with Gasteiger partial charge in [-0.2, -0.15) is 0 Å². The van der Waals surface area contributed by atoms with Crippen LogP contribution in [0.1, 0.15) is 40.0 Å². The molecule has 1 aliphatic rings. The molecule has 1 rings (SSSR count). The first-order chi connectivity index (χ1) is 6.68. The van der Waals surface area contributed by atoms with E-state index in [1.165, 1.54) is 25.8 Å². The minimum atomic E-state index is 0.604. The summed E-state index contributed by atoms with van der Waals surface area (Å²) in [6.45, 7) is 10.7. The Balaban J connectivity index is 2.00. The molecule has 0 amide bonds. The van der Waals surface area contributed by atoms with Gasteiger partial charge < -0.3 is 10.1 Å². The highest BCUT2D eigenvalue weighted by molar-refractivity contribution is 4.94. The van der Waals surface area contributed by atoms with Crippen molar-refractivity contribution in [3.63, 3.8) is 0 Å². The number of ether oxygens (including phenoxy) is 1. The second-order valence-electron chi connectivity index (χ2n) is 5.00. The molecule has 0 unspecified atom stereocenters. The van der Waals surface area contributed by atoms with Gasteiger partial charge in [-0.1, -0.05) is 20.8 Å². The lowest BCUT2D eigenvalue weighted by Crippen LogP contribution is -2.24. The van der Waals surface area contributed by atoms with Crippen molar-refractivity contribution in [2.75, 3.05) is 26.3 Å². The summed E-state index contributed by atoms with van der Waals surface area (Å²) in [5.74, 6) is 0.666. The molecule has 0 aromatic carbocycles. The second kappa shape index (κ2) is 5.72. The predicted molar refractivity (Wildman–Crippen MR) is 60.5 cm³/mol. The highest BCUT2D eigenvalue weighted by Crippen LogP contribution is 2.48. The minimum absolute atomic E-state index is 0.604. The average Bonchev–Trinajstić information content (AvgIpc) is 2.90. The van der Waals surface area contributed by atoms with Crippen LogP contribution in [-0.4, -0.2) is 26.3 Å². The van der Waals surface area contributed by atoms with Crippen molar-refractivity contribution in [2.45, 2.75) is 40.0 Å². The molecule has 2 heteroatoms. The molecule has 14 heavy (non-hydrogen) atoms. The maximum atomic E-state index is 5.62. The third kappa shape index (κ3) is 4.43. The molecule has 1 fully saturated rings. The zero-order chi connectivity index (χ0) is 10.4. The van der Waals surface area contributed by atoms with Gasteiger partial charge in [0.15, 0.2) is 0 Å². The molecule has 0 bridgehead atoms. The van der Waals surface area contributed by atoms with E-state index in [4.69, 9.17) is 4.74 Å². The van der Waals surface area contributed by atoms with E-state index in [-0.39, 0.29) is 0 Å². The summed E-state index contributed by atoms with van der Waals surface area (Å²) in [4.78, 5) is 0. The summed E-state index contributed by atoms with van der Waals surface area (Å²) in [6.07, 6.45) is 4.03. The zero-order valence-electron chi connectivity index (χ0n) is 9.94. The smallest absolute Gasteiger partial charge is 0.0488 e. The van der Waals surface area contributed by atoms with Crippen molar-refractivity contribution in [2.24, 2.45) is 11.3 Å². The Morgan fingerprint density at radius 1 is 1.36 bits per heavy atom. The average molecular weight is 199 g/mol. The number of hydrogen-bond acceptors (Lipinski definition) is 2. The van der Waals surface area contributed by atoms with Gasteiger partial charge in [0.25, 0.3) is 0 Å². The third-order valence-corrected chi connectivity index (χ3v) is 2.94. The number of hydrogen-bond donors (Lipinski definition) is 1. The van der Waals surface area contributed by atoms with Crippen molar-refractivity contribution in [3.8, 4) is 0 Å². The standard InChI is InChI=1S/C12H25NO/c1-4-13-10-12(5-6-12)7-8-14-9-11(2)3/h11,13H,4-10H2,1-3H3. The van der Waals surface area contributed by atoms with Crippen LogP contribution in [0.2, 0.25) is 0 Å². The largest absolute Gasteiger partial charge is 0.381 e. The normalized spacial score (nSPS) is 18.9. The first-order valence-corrected chi connectivity index (χ1v) is 5.97. The second-order valence-corrected chi connectivity index (χ2v) is 5.00. The van der Waals surface area contributed by atoms with Gasteiger partial charge in [0.05, 0.1) is 0 Å². The quantitative estimate of drug-likeness (QED) is 0.606. The van der Waals surface area contributed by atoms with E-state index >= 15 is 0 Å². The van der Waals surface area contributed by atoms with E-state index in [2.05, 4.69) is 26.1 Å². The molecular weight excluding hydrogens is 174 g/mol. The monoisotopic (exact) mass is 199 g/mol. The van der Waals surface area contributed by atoms with Crippen LogP contribution < -0.4 is 5.32 Å². The van der Waals surface area contributed by atoms with E-state index in [1.54, 1.807) is 0 Å². The molecule has 0 saturated heterocycles. The van der Waals surface area contributed by atoms with E-state index in [0.717, 1.165) is 19.8 Å². The summed E-state index contributed by atoms with van der Waals surface area (Å²) in [6, 6.07) is 0. The molecule has 2 nitrogen and oxygen atoms in total. The molecular formula is C12H25NO. The molecule has 1 saturated carbocycles. The lowest BCUT2D eigenvalue weighted by atomic mass is 10.0. The molecule has 0 heterocycles. The molecule has 1 N–H and O–H groups in total. The topological polar surface area (TPSA) is 21.3 Å². The van der Waals surface area contributed by atoms with Crippen molar-refractivity contribution in [1.82, 2.24) is 5.32 Å². The molecule has 0 aliphatic heterocycles. The minimum Gasteiger partial charge on any atom is -0.381 e. The van der Waals surface area contributed by atoms with Crippen LogP contribution in [-0.2, 0) is 4.74 Å². The lowest BCUT2D eigenvalue weighted by molar-refractivity contribution is 0.0948. The van der Waals surface area contributed by atoms with Crippen molar-refractivity contribution < 1.29 is 4.74 Å². The van der Waals surface area contributed by atoms with Crippen LogP contribution in [0.3, 0.4) is 0 Å². The molecule has 1 aliphatic carbocycles. The van der Waals surface area contributed by atoms with E-state index < -0.39 is 0 Å². The van der Waals surface area contributed by atoms with E-state index in [1.807, 2.05) is 0 Å². The van der Waals surface area contributed by atoms with Crippen LogP contribution in [0.4, 0.5) is 0 Å². The van der Waals surface area contributed by atoms with Crippen LogP contribution in [0.15, 0.2) is 0 Å². The zero-order valence-corrected chi connectivity index (χ0v) is 9.94. The van der Waals surface area contributed by atoms with Gasteiger partial charge in [-0.3, -0.25) is 0 Å². The Kier molecular flexibility index (Phi) is 4.90. The van der Waals surface area contributed by atoms with Gasteiger partial charge >= 0.3 is 0 Å². The van der Waals surface area contributed by atoms with Gasteiger partial charge in [-0.25, -0.2) is 0 Å². The first kappa shape index (κ1) is 12.0. The van der Waals surface area contributed by atoms with Crippen molar-refractivity contribution in [1.29, 1.82) is 0 Å². The molecule has 0 radical (unpaired) electrons. The Morgan fingerprint density at radius 2 is 2.07 bits per heavy atom. The van der Waals surface area contributed by atoms with Gasteiger partial charge in [-0.15, -0.1) is 0 Å². The highest BCUT2D eigenvalue weighted by atomic mass is 16.5. The van der Waals surface area contributed by atoms with E-state index in [0.29, 0.717) is 11.3 Å². The number of rotatable bonds is 8. The lowest BCUT2D eigenvalue weighted by Gasteiger charge is -2.15. The molecule has 0 aromatic rings. The number of nitrogens with one attached hydrogen (secondary N) is 1. The summed E-state index contributed by atoms with van der Waals surface area (Å²) < 4.78 is 5.62. The summed E-state index contributed by atoms with van der Waals surface area (Å²) >= 11 is 0. The van der Waals surface area contributed by atoms with Crippen LogP contribution in [0.5, 0.6) is 0 Å². The van der Waals surface area contributed by atoms with Crippen LogP contribution >= 0.6 is 0 Å². The van der Waals surface area contributed by atoms with Gasteiger partial charge in [0.2, 0.25) is 0 Å². The fraction of sp³-hybridized carbons (Fsp3) is 1.00. The first-order valence-electron chi connectivity index (χ1n) is 5.97. The SMILES string of the molecule is CCNCC1(CCOCC(C)C)CC1. The van der Waals surface area contributed by atoms with Crippen LogP contribution in [0.25, 0.3) is 0 Å². The fourth-order valence-corrected chi connectivity index (χ4v) is 1.69. The van der Waals surface area contributed by atoms with Gasteiger partial charge in [0.1, 0.15) is 0 Å². The van der Waals surface area contributed by atoms with E-state index in [9.17, 15) is 0 Å². The summed E-state index contributed by atoms with van der Waals surface area (Å²) in [5.41, 5.74) is 0.604. The summed E-state index contributed by atoms with van der Waals surface area (Å²) in [7, 11) is 0. The molecule has 0 spiro atoms. The van der Waals surface area contributed by atoms with Crippen molar-refractivity contribution in [3.05, 3.63) is 0 Å². The fourth-order valence-electron chi connectivity index (χ4n) is 1.69. The highest BCUT2D eigenvalue weighted by Gasteiger charge is 2.41. The molecule has 0 atom stereocenters. The van der Waals surface area contributed by atoms with Crippen LogP contribution in [0, 0.1) is 11.3 Å². The molecule has 0 aromatic heterocycles. The maximum Gasteiger partial charge on any atom is 0.0488 e. The molecule has 84 valence electrons. The Bertz CT molecular complexity index is 152. The maximum absolute atomic E-state index is 5.62.